The topological polar surface area (TPSA) is 90.7 Å². The summed E-state index contributed by atoms with van der Waals surface area (Å²) in [4.78, 5) is 25.2. The highest BCUT2D eigenvalue weighted by atomic mass is 16.5. The third-order valence-corrected chi connectivity index (χ3v) is 8.25. The Hall–Kier alpha value is -2.08. The minimum Gasteiger partial charge on any atom is -0.493 e. The van der Waals surface area contributed by atoms with Crippen LogP contribution in [0.3, 0.4) is 0 Å². The van der Waals surface area contributed by atoms with Crippen molar-refractivity contribution in [3.63, 3.8) is 0 Å². The summed E-state index contributed by atoms with van der Waals surface area (Å²) in [5.74, 6) is 1.01. The highest BCUT2D eigenvalue weighted by Gasteiger charge is 2.44. The summed E-state index contributed by atoms with van der Waals surface area (Å²) in [6, 6.07) is 6.68. The SMILES string of the molecule is COCCCOc1cc(CCCCCCC(C(=O)NCC(C)(C)C(N)=O)(C(C)C)C(C)C)ccc1C(C)(C)C. The second-order valence-corrected chi connectivity index (χ2v) is 13.5. The van der Waals surface area contributed by atoms with Gasteiger partial charge in [0.05, 0.1) is 17.4 Å². The average Bonchev–Trinajstić information content (AvgIpc) is 2.83. The van der Waals surface area contributed by atoms with Gasteiger partial charge in [-0.05, 0) is 67.6 Å². The molecule has 1 aromatic carbocycles. The van der Waals surface area contributed by atoms with Gasteiger partial charge in [0.2, 0.25) is 11.8 Å². The van der Waals surface area contributed by atoms with E-state index in [1.54, 1.807) is 21.0 Å². The Morgan fingerprint density at radius 3 is 2.05 bits per heavy atom. The van der Waals surface area contributed by atoms with E-state index in [1.807, 2.05) is 0 Å². The molecule has 39 heavy (non-hydrogen) atoms. The summed E-state index contributed by atoms with van der Waals surface area (Å²) in [7, 11) is 1.72. The van der Waals surface area contributed by atoms with Gasteiger partial charge in [0.1, 0.15) is 5.75 Å². The number of unbranched alkanes of at least 4 members (excludes halogenated alkanes) is 3. The van der Waals surface area contributed by atoms with Crippen LogP contribution in [-0.4, -0.2) is 38.7 Å². The summed E-state index contributed by atoms with van der Waals surface area (Å²) >= 11 is 0. The zero-order valence-corrected chi connectivity index (χ0v) is 26.7. The molecule has 2 amide bonds. The van der Waals surface area contributed by atoms with E-state index in [0.717, 1.165) is 50.7 Å². The molecule has 0 saturated carbocycles. The van der Waals surface area contributed by atoms with E-state index in [9.17, 15) is 9.59 Å². The molecule has 0 spiro atoms. The lowest BCUT2D eigenvalue weighted by atomic mass is 9.65. The molecule has 0 bridgehead atoms. The van der Waals surface area contributed by atoms with Crippen LogP contribution in [-0.2, 0) is 26.2 Å². The maximum absolute atomic E-state index is 13.5. The molecule has 0 heterocycles. The number of aryl methyl sites for hydroxylation is 1. The van der Waals surface area contributed by atoms with E-state index >= 15 is 0 Å². The van der Waals surface area contributed by atoms with Crippen LogP contribution in [0.5, 0.6) is 5.75 Å². The number of carbonyl (C=O) groups is 2. The van der Waals surface area contributed by atoms with Crippen LogP contribution in [0, 0.1) is 22.7 Å². The molecule has 6 nitrogen and oxygen atoms in total. The fourth-order valence-electron chi connectivity index (χ4n) is 5.38. The summed E-state index contributed by atoms with van der Waals surface area (Å²) in [5, 5.41) is 3.06. The van der Waals surface area contributed by atoms with Crippen LogP contribution in [0.1, 0.15) is 112 Å². The molecular weight excluding hydrogens is 488 g/mol. The van der Waals surface area contributed by atoms with Gasteiger partial charge in [-0.3, -0.25) is 9.59 Å². The highest BCUT2D eigenvalue weighted by Crippen LogP contribution is 2.41. The van der Waals surface area contributed by atoms with Crippen molar-refractivity contribution in [3.05, 3.63) is 29.3 Å². The van der Waals surface area contributed by atoms with Crippen LogP contribution in [0.2, 0.25) is 0 Å². The standard InChI is InChI=1S/C33H58N2O4/c1-24(2)33(25(3)4,30(37)35-23-32(8,9)29(34)36)19-14-12-11-13-16-26-17-18-27(31(5,6)7)28(22-26)39-21-15-20-38-10/h17-18,22,24-25H,11-16,19-21,23H2,1-10H3,(H2,34,36)(H,35,37). The molecular formula is C33H58N2O4. The van der Waals surface area contributed by atoms with Crippen LogP contribution < -0.4 is 15.8 Å². The zero-order valence-electron chi connectivity index (χ0n) is 26.7. The molecule has 6 heteroatoms. The Morgan fingerprint density at radius 1 is 0.897 bits per heavy atom. The lowest BCUT2D eigenvalue weighted by Gasteiger charge is -2.41. The Kier molecular flexibility index (Phi) is 14.0. The number of amides is 2. The molecule has 0 aliphatic carbocycles. The van der Waals surface area contributed by atoms with Crippen molar-refractivity contribution in [3.8, 4) is 5.75 Å². The molecule has 0 aromatic heterocycles. The minimum atomic E-state index is -0.769. The molecule has 0 aliphatic rings. The third kappa shape index (κ3) is 10.4. The molecule has 0 atom stereocenters. The highest BCUT2D eigenvalue weighted by molar-refractivity contribution is 5.85. The number of ether oxygens (including phenoxy) is 2. The fraction of sp³-hybridized carbons (Fsp3) is 0.758. The van der Waals surface area contributed by atoms with Crippen molar-refractivity contribution in [1.82, 2.24) is 5.32 Å². The number of nitrogens with two attached hydrogens (primary N) is 1. The van der Waals surface area contributed by atoms with Gasteiger partial charge in [-0.25, -0.2) is 0 Å². The number of hydrogen-bond donors (Lipinski definition) is 2. The Balaban J connectivity index is 2.73. The Morgan fingerprint density at radius 2 is 1.51 bits per heavy atom. The lowest BCUT2D eigenvalue weighted by molar-refractivity contribution is -0.138. The largest absolute Gasteiger partial charge is 0.493 e. The molecule has 1 aromatic rings. The predicted molar refractivity (Wildman–Crippen MR) is 162 cm³/mol. The normalized spacial score (nSPS) is 12.7. The Labute approximate surface area is 239 Å². The molecule has 0 fully saturated rings. The molecule has 0 unspecified atom stereocenters. The van der Waals surface area contributed by atoms with Crippen molar-refractivity contribution >= 4 is 11.8 Å². The second-order valence-electron chi connectivity index (χ2n) is 13.5. The van der Waals surface area contributed by atoms with Crippen LogP contribution in [0.25, 0.3) is 0 Å². The van der Waals surface area contributed by atoms with Gasteiger partial charge in [0.25, 0.3) is 0 Å². The number of carbonyl (C=O) groups excluding carboxylic acids is 2. The first-order valence-electron chi connectivity index (χ1n) is 14.9. The maximum atomic E-state index is 13.5. The number of hydrogen-bond acceptors (Lipinski definition) is 4. The van der Waals surface area contributed by atoms with Gasteiger partial charge in [0.15, 0.2) is 0 Å². The first-order chi connectivity index (χ1) is 18.1. The van der Waals surface area contributed by atoms with Crippen molar-refractivity contribution in [2.45, 2.75) is 113 Å². The third-order valence-electron chi connectivity index (χ3n) is 8.25. The maximum Gasteiger partial charge on any atom is 0.226 e. The molecule has 0 radical (unpaired) electrons. The van der Waals surface area contributed by atoms with Crippen molar-refractivity contribution in [2.75, 3.05) is 26.9 Å². The van der Waals surface area contributed by atoms with Crippen LogP contribution >= 0.6 is 0 Å². The van der Waals surface area contributed by atoms with E-state index in [4.69, 9.17) is 15.2 Å². The summed E-state index contributed by atoms with van der Waals surface area (Å²) in [6.45, 7) is 20.4. The number of nitrogens with one attached hydrogen (secondary N) is 1. The zero-order chi connectivity index (χ0) is 29.9. The second kappa shape index (κ2) is 15.6. The van der Waals surface area contributed by atoms with Crippen LogP contribution in [0.15, 0.2) is 18.2 Å². The number of primary amides is 1. The van der Waals surface area contributed by atoms with Crippen LogP contribution in [0.4, 0.5) is 0 Å². The van der Waals surface area contributed by atoms with Crippen molar-refractivity contribution < 1.29 is 19.1 Å². The number of rotatable bonds is 18. The summed E-state index contributed by atoms with van der Waals surface area (Å²) < 4.78 is 11.3. The van der Waals surface area contributed by atoms with Gasteiger partial charge in [0, 0.05) is 26.7 Å². The number of methoxy groups -OCH3 is 1. The van der Waals surface area contributed by atoms with Crippen molar-refractivity contribution in [1.29, 1.82) is 0 Å². The average molecular weight is 547 g/mol. The Bertz CT molecular complexity index is 891. The van der Waals surface area contributed by atoms with E-state index in [0.29, 0.717) is 13.2 Å². The number of benzene rings is 1. The van der Waals surface area contributed by atoms with E-state index < -0.39 is 16.7 Å². The lowest BCUT2D eigenvalue weighted by Crippen LogP contribution is -2.51. The predicted octanol–water partition coefficient (Wildman–Crippen LogP) is 6.82. The van der Waals surface area contributed by atoms with Gasteiger partial charge >= 0.3 is 0 Å². The molecule has 0 aliphatic heterocycles. The van der Waals surface area contributed by atoms with Gasteiger partial charge < -0.3 is 20.5 Å². The van der Waals surface area contributed by atoms with E-state index in [1.165, 1.54) is 11.1 Å². The molecule has 0 saturated heterocycles. The molecule has 224 valence electrons. The van der Waals surface area contributed by atoms with E-state index in [-0.39, 0.29) is 29.7 Å². The van der Waals surface area contributed by atoms with E-state index in [2.05, 4.69) is 72.0 Å². The molecule has 1 rings (SSSR count). The van der Waals surface area contributed by atoms with Gasteiger partial charge in [-0.2, -0.15) is 0 Å². The summed E-state index contributed by atoms with van der Waals surface area (Å²) in [5.41, 5.74) is 6.85. The monoisotopic (exact) mass is 546 g/mol. The first-order valence-corrected chi connectivity index (χ1v) is 14.9. The quantitative estimate of drug-likeness (QED) is 0.198. The fourth-order valence-corrected chi connectivity index (χ4v) is 5.38. The first kappa shape index (κ1) is 34.9. The smallest absolute Gasteiger partial charge is 0.226 e. The van der Waals surface area contributed by atoms with Crippen molar-refractivity contribution in [2.24, 2.45) is 28.4 Å². The van der Waals surface area contributed by atoms with Gasteiger partial charge in [-0.15, -0.1) is 0 Å². The minimum absolute atomic E-state index is 0.0241. The summed E-state index contributed by atoms with van der Waals surface area (Å²) in [6.07, 6.45) is 7.04. The molecule has 3 N–H and O–H groups in total. The van der Waals surface area contributed by atoms with Gasteiger partial charge in [-0.1, -0.05) is 79.9 Å².